The minimum absolute atomic E-state index is 0.000783. The molecule has 0 radical (unpaired) electrons. The topological polar surface area (TPSA) is 347 Å². The van der Waals surface area contributed by atoms with Gasteiger partial charge in [-0.05, 0) is 121 Å². The minimum Gasteiger partial charge on any atom is -0.333 e. The number of benzene rings is 5. The number of alkyl halides is 12. The predicted octanol–water partition coefficient (Wildman–Crippen LogP) is 10.9. The minimum atomic E-state index is -4.64. The van der Waals surface area contributed by atoms with Crippen LogP contribution in [0.5, 0.6) is 0 Å². The first-order valence-electron chi connectivity index (χ1n) is 40.9. The Morgan fingerprint density at radius 3 is 0.830 bits per heavy atom. The second-order valence-corrected chi connectivity index (χ2v) is 32.1. The van der Waals surface area contributed by atoms with Crippen LogP contribution in [0.4, 0.5) is 110 Å². The van der Waals surface area contributed by atoms with Gasteiger partial charge in [0, 0.05) is 165 Å². The van der Waals surface area contributed by atoms with Crippen LogP contribution >= 0.6 is 0 Å². The zero-order chi connectivity index (χ0) is 98.9. The lowest BCUT2D eigenvalue weighted by Gasteiger charge is -2.29. The van der Waals surface area contributed by atoms with E-state index in [-0.39, 0.29) is 206 Å². The Kier molecular flexibility index (Phi) is 32.8. The first kappa shape index (κ1) is 103. The molecule has 0 fully saturated rings. The van der Waals surface area contributed by atoms with E-state index in [1.165, 1.54) is 28.7 Å². The van der Waals surface area contributed by atoms with Gasteiger partial charge in [0.1, 0.15) is 58.2 Å². The third kappa shape index (κ3) is 27.2. The van der Waals surface area contributed by atoms with E-state index in [2.05, 4.69) is 35.3 Å². The Labute approximate surface area is 749 Å². The summed E-state index contributed by atoms with van der Waals surface area (Å²) >= 11 is 0. The summed E-state index contributed by atoms with van der Waals surface area (Å²) in [6.07, 6.45) is -15.9. The van der Waals surface area contributed by atoms with E-state index in [1.54, 1.807) is 4.90 Å². The predicted molar refractivity (Wildman–Crippen MR) is 422 cm³/mol. The molecule has 0 saturated carbocycles. The number of aryl methyl sites for hydroxylation is 1. The summed E-state index contributed by atoms with van der Waals surface area (Å²) in [6.45, 7) is 3.61. The van der Waals surface area contributed by atoms with Gasteiger partial charge in [-0.15, -0.1) is 20.4 Å². The van der Waals surface area contributed by atoms with Crippen LogP contribution in [0, 0.1) is 82.5 Å². The van der Waals surface area contributed by atoms with Gasteiger partial charge in [-0.1, -0.05) is 0 Å². The third-order valence-electron chi connectivity index (χ3n) is 21.8. The fourth-order valence-corrected chi connectivity index (χ4v) is 15.1. The van der Waals surface area contributed by atoms with Gasteiger partial charge in [-0.3, -0.25) is 24.0 Å². The van der Waals surface area contributed by atoms with E-state index >= 15 is 0 Å². The van der Waals surface area contributed by atoms with Crippen molar-refractivity contribution < 1.29 is 134 Å². The fourth-order valence-electron chi connectivity index (χ4n) is 15.1. The lowest BCUT2D eigenvalue weighted by molar-refractivity contribution is -0.149. The third-order valence-corrected chi connectivity index (χ3v) is 21.8. The van der Waals surface area contributed by atoms with Gasteiger partial charge in [0.2, 0.25) is 41.2 Å². The highest BCUT2D eigenvalue weighted by Crippen LogP contribution is 2.35. The zero-order valence-corrected chi connectivity index (χ0v) is 70.7. The molecule has 10 heterocycles. The van der Waals surface area contributed by atoms with E-state index < -0.39 is 171 Å². The van der Waals surface area contributed by atoms with E-state index in [1.807, 2.05) is 17.7 Å². The van der Waals surface area contributed by atoms with Crippen LogP contribution in [0.25, 0.3) is 0 Å². The molecule has 0 saturated heterocycles. The average Bonchev–Trinajstić information content (AvgIpc) is 1.66. The van der Waals surface area contributed by atoms with Crippen LogP contribution in [0.15, 0.2) is 91.4 Å². The van der Waals surface area contributed by atoms with Crippen LogP contribution in [0.2, 0.25) is 0 Å². The summed E-state index contributed by atoms with van der Waals surface area (Å²) in [7, 11) is 0. The van der Waals surface area contributed by atoms with Gasteiger partial charge in [0.15, 0.2) is 57.9 Å². The van der Waals surface area contributed by atoms with E-state index in [0.717, 1.165) is 75.5 Å². The van der Waals surface area contributed by atoms with Gasteiger partial charge in [0.05, 0.1) is 38.4 Å². The molecule has 5 amide bonds. The van der Waals surface area contributed by atoms with E-state index in [0.29, 0.717) is 50.0 Å². The molecule has 730 valence electrons. The van der Waals surface area contributed by atoms with Crippen molar-refractivity contribution in [3.8, 4) is 0 Å². The number of rotatable bonds is 20. The van der Waals surface area contributed by atoms with Gasteiger partial charge in [-0.2, -0.15) is 52.7 Å². The highest BCUT2D eigenvalue weighted by atomic mass is 19.4. The molecule has 10 N–H and O–H groups in total. The Bertz CT molecular complexity index is 5770. The Balaban J connectivity index is 0.000000162. The van der Waals surface area contributed by atoms with Crippen molar-refractivity contribution in [2.45, 2.75) is 191 Å². The molecule has 15 rings (SSSR count). The van der Waals surface area contributed by atoms with Crippen molar-refractivity contribution in [3.63, 3.8) is 0 Å². The number of imidazole rings is 3. The van der Waals surface area contributed by atoms with Crippen molar-refractivity contribution in [1.82, 2.24) is 82.7 Å². The summed E-state index contributed by atoms with van der Waals surface area (Å²) in [5.74, 6) is -15.7. The standard InChI is InChI=1S/C17H16F6N4O.C17H17F5N4O.C17H19F3N4O.C16H15F6N5O.C16H16F5N5O/c18-11-6-13(20)12(19)4-9(11)3-10(24)5-16(28)27-2-1-26-7-14(17(21,22)23)25-15(26)8-27;18-11-1-2-13(19)10(5-11)6-12(23)7-16(27)26-4-3-25-8-14(17(20,21)22)24-15(25)9-26;1-10-8-23-2-3-24(9-16(23)22-10)17(25)6-12(21)4-11-5-14(19)15(20)7-13(11)18;17-10-6-12(19)11(18)4-8(10)3-9(23)5-14(28)26-1-2-27-13(7-26)24-25-15(27)16(20,21)22;17-10-1-2-12(18)9(5-10)6-11(22)7-14(27)25-3-4-26-13(8-25)23-24-15(26)16(19,20)21/h4,6-7,10H,1-3,5,8,24H2;1-2,5,8,12H,3-4,6-7,9,23H2;5,7-8,12H,2-4,6,9,21H2,1H3;4,6,9H,1-3,5,7,23H2;1-2,5,11H,3-4,6-8,22H2/t10-;2*12-;9-;11-/m11111/s1. The molecule has 5 aliphatic heterocycles. The summed E-state index contributed by atoms with van der Waals surface area (Å²) < 4.78 is 333. The molecular formula is C83H83F25N22O5. The zero-order valence-electron chi connectivity index (χ0n) is 70.7. The maximum Gasteiger partial charge on any atom is 0.451 e. The van der Waals surface area contributed by atoms with Crippen molar-refractivity contribution in [2.75, 3.05) is 32.7 Å². The lowest BCUT2D eigenvalue weighted by Crippen LogP contribution is -2.42. The summed E-state index contributed by atoms with van der Waals surface area (Å²) in [4.78, 5) is 80.2. The summed E-state index contributed by atoms with van der Waals surface area (Å²) in [5.41, 5.74) is 27.9. The molecule has 0 bridgehead atoms. The maximum absolute atomic E-state index is 13.7. The highest BCUT2D eigenvalue weighted by molar-refractivity contribution is 5.79. The van der Waals surface area contributed by atoms with E-state index in [4.69, 9.17) is 28.7 Å². The van der Waals surface area contributed by atoms with Gasteiger partial charge in [0.25, 0.3) is 0 Å². The Hall–Kier alpha value is -12.6. The molecule has 5 aromatic heterocycles. The van der Waals surface area contributed by atoms with Crippen LogP contribution < -0.4 is 28.7 Å². The Morgan fingerprint density at radius 2 is 0.548 bits per heavy atom. The van der Waals surface area contributed by atoms with Gasteiger partial charge < -0.3 is 76.0 Å². The number of aromatic nitrogens is 12. The smallest absolute Gasteiger partial charge is 0.333 e. The maximum atomic E-state index is 13.7. The van der Waals surface area contributed by atoms with E-state index in [9.17, 15) is 134 Å². The molecule has 0 unspecified atom stereocenters. The molecule has 5 aromatic carbocycles. The number of amides is 5. The quantitative estimate of drug-likeness (QED) is 0.0350. The second-order valence-electron chi connectivity index (χ2n) is 32.1. The Morgan fingerprint density at radius 1 is 0.296 bits per heavy atom. The highest BCUT2D eigenvalue weighted by Gasteiger charge is 2.43. The molecule has 5 atom stereocenters. The largest absolute Gasteiger partial charge is 0.451 e. The van der Waals surface area contributed by atoms with Crippen LogP contribution in [0.3, 0.4) is 0 Å². The average molecular weight is 1940 g/mol. The first-order chi connectivity index (χ1) is 63.2. The first-order valence-corrected chi connectivity index (χ1v) is 40.9. The monoisotopic (exact) mass is 1940 g/mol. The van der Waals surface area contributed by atoms with Gasteiger partial charge in [-0.25, -0.2) is 72.0 Å². The SMILES string of the molecule is Cc1cn2c(n1)CN(C(=O)C[C@H](N)Cc1cc(F)c(F)cc1F)CC2.N[C@@H](CC(=O)N1CCn2c(nnc2C(F)(F)F)C1)Cc1cc(F)c(F)cc1F.N[C@@H](CC(=O)N1CCn2c(nnc2C(F)(F)F)C1)Cc1cc(F)ccc1F.N[C@@H](CC(=O)N1CCn2cc(C(F)(F)F)nc2C1)Cc1cc(F)c(F)cc1F.N[C@@H](CC(=O)N1CCn2cc(C(F)(F)F)nc2C1)Cc1cc(F)ccc1F. The second kappa shape index (κ2) is 43.0. The van der Waals surface area contributed by atoms with Crippen molar-refractivity contribution in [2.24, 2.45) is 28.7 Å². The number of carbonyl (C=O) groups excluding carboxylic acids is 5. The van der Waals surface area contributed by atoms with Crippen molar-refractivity contribution >= 4 is 29.5 Å². The summed E-state index contributed by atoms with van der Waals surface area (Å²) in [6, 6.07) is 5.46. The molecule has 27 nitrogen and oxygen atoms in total. The molecular weight excluding hydrogens is 1860 g/mol. The lowest BCUT2D eigenvalue weighted by atomic mass is 10.0. The molecule has 52 heteroatoms. The molecule has 0 spiro atoms. The van der Waals surface area contributed by atoms with Crippen LogP contribution in [0.1, 0.15) is 118 Å². The van der Waals surface area contributed by atoms with Gasteiger partial charge >= 0.3 is 24.7 Å². The van der Waals surface area contributed by atoms with Crippen molar-refractivity contribution in [3.05, 3.63) is 253 Å². The molecule has 5 aliphatic rings. The fraction of sp³-hybridized carbons (Fsp3) is 0.422. The number of nitrogens with two attached hydrogens (primary N) is 5. The number of fused-ring (bicyclic) bond motifs is 5. The number of hydrogen-bond donors (Lipinski definition) is 5. The molecule has 10 aromatic rings. The van der Waals surface area contributed by atoms with Crippen molar-refractivity contribution in [1.29, 1.82) is 0 Å². The number of nitrogens with zero attached hydrogens (tertiary/aromatic N) is 17. The number of halogens is 25. The van der Waals surface area contributed by atoms with Crippen LogP contribution in [-0.4, -0.2) is 175 Å². The number of carbonyl (C=O) groups is 5. The molecule has 0 aliphatic carbocycles. The molecule has 135 heavy (non-hydrogen) atoms. The normalized spacial score (nSPS) is 15.4. The van der Waals surface area contributed by atoms with Crippen LogP contribution in [-0.2, 0) is 146 Å². The number of hydrogen-bond acceptors (Lipinski definition) is 17. The summed E-state index contributed by atoms with van der Waals surface area (Å²) in [5, 5.41) is 13.2.